The van der Waals surface area contributed by atoms with Gasteiger partial charge in [-0.3, -0.25) is 4.90 Å². The van der Waals surface area contributed by atoms with Crippen LogP contribution in [-0.2, 0) is 0 Å². The maximum atomic E-state index is 3.78. The first-order valence-corrected chi connectivity index (χ1v) is 5.89. The normalized spacial score (nSPS) is 22.7. The Hall–Kier alpha value is -0.420. The molecule has 3 N–H and O–H groups in total. The average Bonchev–Trinajstić information content (AvgIpc) is 2.22. The molecule has 1 aliphatic rings. The summed E-state index contributed by atoms with van der Waals surface area (Å²) in [6, 6.07) is 0. The second-order valence-electron chi connectivity index (χ2n) is 3.88. The van der Waals surface area contributed by atoms with Crippen LogP contribution in [0.25, 0.3) is 0 Å². The molecule has 1 saturated heterocycles. The fraction of sp³-hybridized carbons (Fsp3) is 0.818. The van der Waals surface area contributed by atoms with Crippen molar-refractivity contribution in [2.75, 3.05) is 52.5 Å². The first-order valence-electron chi connectivity index (χ1n) is 5.89. The second-order valence-corrected chi connectivity index (χ2v) is 3.88. The Morgan fingerprint density at radius 2 is 1.73 bits per heavy atom. The van der Waals surface area contributed by atoms with E-state index in [0.717, 1.165) is 52.5 Å². The molecule has 1 heterocycles. The summed E-state index contributed by atoms with van der Waals surface area (Å²) in [4.78, 5) is 2.37. The lowest BCUT2D eigenvalue weighted by atomic mass is 10.4. The molecule has 0 spiro atoms. The molecule has 0 aromatic heterocycles. The van der Waals surface area contributed by atoms with Crippen molar-refractivity contribution in [3.05, 3.63) is 12.7 Å². The van der Waals surface area contributed by atoms with Crippen LogP contribution in [0.2, 0.25) is 0 Å². The summed E-state index contributed by atoms with van der Waals surface area (Å²) in [6.45, 7) is 12.2. The van der Waals surface area contributed by atoms with Gasteiger partial charge in [0.15, 0.2) is 0 Å². The van der Waals surface area contributed by atoms with Crippen LogP contribution < -0.4 is 16.0 Å². The van der Waals surface area contributed by atoms with E-state index in [1.54, 1.807) is 0 Å². The van der Waals surface area contributed by atoms with Gasteiger partial charge in [-0.1, -0.05) is 6.08 Å². The van der Waals surface area contributed by atoms with Gasteiger partial charge in [0.2, 0.25) is 0 Å². The monoisotopic (exact) mass is 212 g/mol. The maximum Gasteiger partial charge on any atom is 0.0484 e. The summed E-state index contributed by atoms with van der Waals surface area (Å²) >= 11 is 0. The Morgan fingerprint density at radius 3 is 2.53 bits per heavy atom. The summed E-state index contributed by atoms with van der Waals surface area (Å²) in [5, 5.41) is 10.3. The highest BCUT2D eigenvalue weighted by Crippen LogP contribution is 1.86. The molecule has 0 aromatic carbocycles. The Kier molecular flexibility index (Phi) is 7.47. The highest BCUT2D eigenvalue weighted by molar-refractivity contribution is 4.73. The predicted octanol–water partition coefficient (Wildman–Crippen LogP) is -0.396. The van der Waals surface area contributed by atoms with Crippen molar-refractivity contribution in [1.29, 1.82) is 0 Å². The number of nitrogens with one attached hydrogen (secondary N) is 3. The van der Waals surface area contributed by atoms with Crippen molar-refractivity contribution >= 4 is 0 Å². The zero-order valence-corrected chi connectivity index (χ0v) is 9.60. The molecule has 0 aromatic rings. The van der Waals surface area contributed by atoms with E-state index in [9.17, 15) is 0 Å². The number of nitrogens with zero attached hydrogens (tertiary/aromatic N) is 1. The molecule has 0 radical (unpaired) electrons. The van der Waals surface area contributed by atoms with E-state index in [4.69, 9.17) is 0 Å². The minimum atomic E-state index is 0.965. The maximum absolute atomic E-state index is 3.78. The summed E-state index contributed by atoms with van der Waals surface area (Å²) in [6.07, 6.45) is 3.16. The first kappa shape index (κ1) is 12.6. The molecule has 1 rings (SSSR count). The average molecular weight is 212 g/mol. The smallest absolute Gasteiger partial charge is 0.0484 e. The second kappa shape index (κ2) is 8.85. The van der Waals surface area contributed by atoms with Gasteiger partial charge in [0, 0.05) is 39.4 Å². The van der Waals surface area contributed by atoms with E-state index >= 15 is 0 Å². The van der Waals surface area contributed by atoms with Crippen LogP contribution >= 0.6 is 0 Å². The lowest BCUT2D eigenvalue weighted by Gasteiger charge is -2.22. The van der Waals surface area contributed by atoms with E-state index in [2.05, 4.69) is 27.4 Å². The summed E-state index contributed by atoms with van der Waals surface area (Å²) in [5.74, 6) is 0. The third-order valence-corrected chi connectivity index (χ3v) is 2.51. The van der Waals surface area contributed by atoms with Crippen molar-refractivity contribution in [1.82, 2.24) is 20.9 Å². The van der Waals surface area contributed by atoms with Crippen molar-refractivity contribution in [2.45, 2.75) is 6.42 Å². The topological polar surface area (TPSA) is 39.3 Å². The Morgan fingerprint density at radius 1 is 1.00 bits per heavy atom. The highest BCUT2D eigenvalue weighted by atomic mass is 15.2. The zero-order valence-electron chi connectivity index (χ0n) is 9.60. The molecule has 4 nitrogen and oxygen atoms in total. The molecule has 0 saturated carbocycles. The van der Waals surface area contributed by atoms with Gasteiger partial charge in [0.05, 0.1) is 0 Å². The lowest BCUT2D eigenvalue weighted by Crippen LogP contribution is -2.41. The summed E-state index contributed by atoms with van der Waals surface area (Å²) in [5.41, 5.74) is 0. The Bertz CT molecular complexity index is 149. The largest absolute Gasteiger partial charge is 0.315 e. The molecule has 15 heavy (non-hydrogen) atoms. The predicted molar refractivity (Wildman–Crippen MR) is 65.0 cm³/mol. The summed E-state index contributed by atoms with van der Waals surface area (Å²) in [7, 11) is 0. The molecular weight excluding hydrogens is 188 g/mol. The van der Waals surface area contributed by atoms with Gasteiger partial charge in [0.1, 0.15) is 0 Å². The van der Waals surface area contributed by atoms with Crippen molar-refractivity contribution < 1.29 is 0 Å². The van der Waals surface area contributed by atoms with Crippen molar-refractivity contribution in [3.63, 3.8) is 0 Å². The van der Waals surface area contributed by atoms with Gasteiger partial charge in [-0.2, -0.15) is 0 Å². The summed E-state index contributed by atoms with van der Waals surface area (Å²) < 4.78 is 0. The lowest BCUT2D eigenvalue weighted by molar-refractivity contribution is 0.275. The van der Waals surface area contributed by atoms with E-state index < -0.39 is 0 Å². The molecular formula is C11H24N4. The van der Waals surface area contributed by atoms with E-state index in [1.165, 1.54) is 6.42 Å². The molecule has 88 valence electrons. The fourth-order valence-electron chi connectivity index (χ4n) is 1.66. The Balaban J connectivity index is 2.22. The third-order valence-electron chi connectivity index (χ3n) is 2.51. The first-order chi connectivity index (χ1) is 7.43. The van der Waals surface area contributed by atoms with E-state index in [-0.39, 0.29) is 0 Å². The fourth-order valence-corrected chi connectivity index (χ4v) is 1.66. The molecule has 0 bridgehead atoms. The SMILES string of the molecule is C=CCN1CCNCCNCCCNC1. The molecule has 0 atom stereocenters. The van der Waals surface area contributed by atoms with Crippen LogP contribution in [0.5, 0.6) is 0 Å². The highest BCUT2D eigenvalue weighted by Gasteiger charge is 2.02. The van der Waals surface area contributed by atoms with Crippen LogP contribution in [0, 0.1) is 0 Å². The van der Waals surface area contributed by atoms with Gasteiger partial charge in [-0.15, -0.1) is 6.58 Å². The van der Waals surface area contributed by atoms with Crippen LogP contribution in [0.1, 0.15) is 6.42 Å². The Labute approximate surface area is 93.1 Å². The van der Waals surface area contributed by atoms with Crippen LogP contribution in [0.15, 0.2) is 12.7 Å². The zero-order chi connectivity index (χ0) is 10.8. The quantitative estimate of drug-likeness (QED) is 0.545. The van der Waals surface area contributed by atoms with E-state index in [0.29, 0.717) is 0 Å². The number of hydrogen-bond acceptors (Lipinski definition) is 4. The molecule has 1 fully saturated rings. The number of rotatable bonds is 2. The minimum absolute atomic E-state index is 0.965. The molecule has 0 unspecified atom stereocenters. The number of hydrogen-bond donors (Lipinski definition) is 3. The van der Waals surface area contributed by atoms with Gasteiger partial charge < -0.3 is 16.0 Å². The van der Waals surface area contributed by atoms with Gasteiger partial charge >= 0.3 is 0 Å². The van der Waals surface area contributed by atoms with Crippen molar-refractivity contribution in [3.8, 4) is 0 Å². The van der Waals surface area contributed by atoms with Crippen molar-refractivity contribution in [2.24, 2.45) is 0 Å². The molecule has 0 amide bonds. The minimum Gasteiger partial charge on any atom is -0.315 e. The van der Waals surface area contributed by atoms with Gasteiger partial charge in [0.25, 0.3) is 0 Å². The molecule has 4 heteroatoms. The van der Waals surface area contributed by atoms with Crippen LogP contribution in [0.4, 0.5) is 0 Å². The van der Waals surface area contributed by atoms with Gasteiger partial charge in [-0.05, 0) is 19.5 Å². The van der Waals surface area contributed by atoms with Crippen LogP contribution in [0.3, 0.4) is 0 Å². The molecule has 1 aliphatic heterocycles. The standard InChI is InChI=1S/C11H24N4/c1-2-9-15-10-8-13-7-6-12-4-3-5-14-11-15/h2,12-14H,1,3-11H2. The van der Waals surface area contributed by atoms with Gasteiger partial charge in [-0.25, -0.2) is 0 Å². The molecule has 0 aliphatic carbocycles. The van der Waals surface area contributed by atoms with Crippen LogP contribution in [-0.4, -0.2) is 57.4 Å². The van der Waals surface area contributed by atoms with E-state index in [1.807, 2.05) is 6.08 Å². The third kappa shape index (κ3) is 6.62.